The summed E-state index contributed by atoms with van der Waals surface area (Å²) in [5.41, 5.74) is 0.739. The van der Waals surface area contributed by atoms with Crippen molar-refractivity contribution in [3.05, 3.63) is 53.1 Å². The molecule has 0 aliphatic heterocycles. The molecule has 2 amide bonds. The number of hydrogen-bond donors (Lipinski definition) is 3. The molecule has 1 aromatic carbocycles. The first-order chi connectivity index (χ1) is 12.0. The monoisotopic (exact) mass is 345 g/mol. The SMILES string of the molecule is CNC(=O)c1[nH]c(C(=O)NC2CC2)cc1OC(C)c1ccccc1F. The Labute approximate surface area is 144 Å². The summed E-state index contributed by atoms with van der Waals surface area (Å²) in [6, 6.07) is 7.94. The van der Waals surface area contributed by atoms with E-state index in [1.165, 1.54) is 19.2 Å². The van der Waals surface area contributed by atoms with Crippen LogP contribution in [-0.2, 0) is 0 Å². The molecule has 1 aliphatic carbocycles. The van der Waals surface area contributed by atoms with Crippen molar-refractivity contribution in [1.82, 2.24) is 15.6 Å². The first-order valence-corrected chi connectivity index (χ1v) is 8.16. The van der Waals surface area contributed by atoms with Gasteiger partial charge >= 0.3 is 0 Å². The zero-order valence-electron chi connectivity index (χ0n) is 14.1. The molecular weight excluding hydrogens is 325 g/mol. The molecular formula is C18H20FN3O3. The van der Waals surface area contributed by atoms with Crippen molar-refractivity contribution in [2.75, 3.05) is 7.05 Å². The number of rotatable bonds is 6. The average Bonchev–Trinajstić information content (AvgIpc) is 3.31. The van der Waals surface area contributed by atoms with Crippen LogP contribution in [0.4, 0.5) is 4.39 Å². The van der Waals surface area contributed by atoms with Gasteiger partial charge in [0.25, 0.3) is 11.8 Å². The molecule has 6 nitrogen and oxygen atoms in total. The van der Waals surface area contributed by atoms with Gasteiger partial charge in [-0.25, -0.2) is 4.39 Å². The third-order valence-corrected chi connectivity index (χ3v) is 4.04. The fourth-order valence-electron chi connectivity index (χ4n) is 2.49. The van der Waals surface area contributed by atoms with Crippen LogP contribution in [0.15, 0.2) is 30.3 Å². The Morgan fingerprint density at radius 3 is 2.64 bits per heavy atom. The quantitative estimate of drug-likeness (QED) is 0.752. The van der Waals surface area contributed by atoms with Gasteiger partial charge in [-0.2, -0.15) is 0 Å². The molecule has 0 saturated heterocycles. The van der Waals surface area contributed by atoms with Gasteiger partial charge < -0.3 is 20.4 Å². The maximum Gasteiger partial charge on any atom is 0.271 e. The van der Waals surface area contributed by atoms with Crippen LogP contribution < -0.4 is 15.4 Å². The molecule has 1 fully saturated rings. The van der Waals surface area contributed by atoms with Gasteiger partial charge in [0.2, 0.25) is 0 Å². The summed E-state index contributed by atoms with van der Waals surface area (Å²) in [5, 5.41) is 5.34. The van der Waals surface area contributed by atoms with Gasteiger partial charge in [-0.15, -0.1) is 0 Å². The van der Waals surface area contributed by atoms with Crippen LogP contribution in [0.1, 0.15) is 52.4 Å². The molecule has 25 heavy (non-hydrogen) atoms. The Morgan fingerprint density at radius 2 is 2.00 bits per heavy atom. The van der Waals surface area contributed by atoms with E-state index < -0.39 is 17.8 Å². The molecule has 1 aliphatic rings. The molecule has 3 N–H and O–H groups in total. The first kappa shape index (κ1) is 17.0. The fourth-order valence-corrected chi connectivity index (χ4v) is 2.49. The van der Waals surface area contributed by atoms with Gasteiger partial charge in [0, 0.05) is 24.7 Å². The second-order valence-corrected chi connectivity index (χ2v) is 6.03. The Morgan fingerprint density at radius 1 is 1.28 bits per heavy atom. The summed E-state index contributed by atoms with van der Waals surface area (Å²) < 4.78 is 19.7. The lowest BCUT2D eigenvalue weighted by atomic mass is 10.1. The predicted molar refractivity (Wildman–Crippen MR) is 90.1 cm³/mol. The highest BCUT2D eigenvalue weighted by Crippen LogP contribution is 2.28. The second kappa shape index (κ2) is 6.96. The maximum atomic E-state index is 13.9. The third kappa shape index (κ3) is 3.81. The molecule has 0 spiro atoms. The predicted octanol–water partition coefficient (Wildman–Crippen LogP) is 2.55. The highest BCUT2D eigenvalue weighted by molar-refractivity contribution is 5.99. The standard InChI is InChI=1S/C18H20FN3O3/c1-10(12-5-3-4-6-13(12)19)25-15-9-14(17(23)21-11-7-8-11)22-16(15)18(24)20-2/h3-6,9-11,22H,7-8H2,1-2H3,(H,20,24)(H,21,23). The number of nitrogens with one attached hydrogen (secondary N) is 3. The van der Waals surface area contributed by atoms with Crippen molar-refractivity contribution >= 4 is 11.8 Å². The van der Waals surface area contributed by atoms with Crippen molar-refractivity contribution in [2.45, 2.75) is 31.9 Å². The Hall–Kier alpha value is -2.83. The first-order valence-electron chi connectivity index (χ1n) is 8.16. The minimum atomic E-state index is -0.625. The number of aromatic amines is 1. The van der Waals surface area contributed by atoms with Gasteiger partial charge in [-0.05, 0) is 25.8 Å². The summed E-state index contributed by atoms with van der Waals surface area (Å²) in [6.45, 7) is 1.68. The maximum absolute atomic E-state index is 13.9. The largest absolute Gasteiger partial charge is 0.483 e. The number of hydrogen-bond acceptors (Lipinski definition) is 3. The number of amides is 2. The number of halogens is 1. The van der Waals surface area contributed by atoms with Crippen LogP contribution >= 0.6 is 0 Å². The van der Waals surface area contributed by atoms with Gasteiger partial charge in [-0.3, -0.25) is 9.59 Å². The highest BCUT2D eigenvalue weighted by Gasteiger charge is 2.27. The van der Waals surface area contributed by atoms with E-state index in [1.807, 2.05) is 0 Å². The number of aromatic nitrogens is 1. The molecule has 132 valence electrons. The van der Waals surface area contributed by atoms with Gasteiger partial charge in [0.05, 0.1) is 0 Å². The zero-order chi connectivity index (χ0) is 18.0. The third-order valence-electron chi connectivity index (χ3n) is 4.04. The van der Waals surface area contributed by atoms with E-state index in [0.717, 1.165) is 12.8 Å². The van der Waals surface area contributed by atoms with Crippen LogP contribution in [0, 0.1) is 5.82 Å². The summed E-state index contributed by atoms with van der Waals surface area (Å²) in [6.07, 6.45) is 1.30. The molecule has 1 aromatic heterocycles. The minimum absolute atomic E-state index is 0.131. The lowest BCUT2D eigenvalue weighted by molar-refractivity contribution is 0.0946. The highest BCUT2D eigenvalue weighted by atomic mass is 19.1. The molecule has 1 unspecified atom stereocenters. The number of H-pyrrole nitrogens is 1. The molecule has 7 heteroatoms. The normalized spacial score (nSPS) is 14.7. The topological polar surface area (TPSA) is 83.2 Å². The van der Waals surface area contributed by atoms with Gasteiger partial charge in [-0.1, -0.05) is 18.2 Å². The van der Waals surface area contributed by atoms with Crippen LogP contribution in [0.3, 0.4) is 0 Å². The Balaban J connectivity index is 1.85. The second-order valence-electron chi connectivity index (χ2n) is 6.03. The van der Waals surface area contributed by atoms with E-state index >= 15 is 0 Å². The van der Waals surface area contributed by atoms with Crippen molar-refractivity contribution in [1.29, 1.82) is 0 Å². The van der Waals surface area contributed by atoms with Gasteiger partial charge in [0.15, 0.2) is 5.75 Å². The lowest BCUT2D eigenvalue weighted by Gasteiger charge is -2.15. The van der Waals surface area contributed by atoms with Crippen molar-refractivity contribution in [3.63, 3.8) is 0 Å². The molecule has 1 atom stereocenters. The van der Waals surface area contributed by atoms with Crippen LogP contribution in [0.2, 0.25) is 0 Å². The summed E-state index contributed by atoms with van der Waals surface area (Å²) in [5.74, 6) is -0.892. The van der Waals surface area contributed by atoms with E-state index in [0.29, 0.717) is 5.56 Å². The van der Waals surface area contributed by atoms with E-state index in [9.17, 15) is 14.0 Å². The van der Waals surface area contributed by atoms with Crippen molar-refractivity contribution < 1.29 is 18.7 Å². The molecule has 2 aromatic rings. The van der Waals surface area contributed by atoms with E-state index in [1.54, 1.807) is 25.1 Å². The minimum Gasteiger partial charge on any atom is -0.483 e. The summed E-state index contributed by atoms with van der Waals surface area (Å²) in [7, 11) is 1.48. The summed E-state index contributed by atoms with van der Waals surface area (Å²) >= 11 is 0. The molecule has 0 bridgehead atoms. The molecule has 1 heterocycles. The molecule has 3 rings (SSSR count). The Bertz CT molecular complexity index is 799. The average molecular weight is 345 g/mol. The van der Waals surface area contributed by atoms with Crippen molar-refractivity contribution in [2.24, 2.45) is 0 Å². The fraction of sp³-hybridized carbons (Fsp3) is 0.333. The van der Waals surface area contributed by atoms with Gasteiger partial charge in [0.1, 0.15) is 23.3 Å². The zero-order valence-corrected chi connectivity index (χ0v) is 14.1. The van der Waals surface area contributed by atoms with E-state index in [2.05, 4.69) is 15.6 Å². The number of carbonyl (C=O) groups excluding carboxylic acids is 2. The molecule has 1 saturated carbocycles. The van der Waals surface area contributed by atoms with Crippen LogP contribution in [0.5, 0.6) is 5.75 Å². The lowest BCUT2D eigenvalue weighted by Crippen LogP contribution is -2.26. The smallest absolute Gasteiger partial charge is 0.271 e. The van der Waals surface area contributed by atoms with E-state index in [-0.39, 0.29) is 29.1 Å². The van der Waals surface area contributed by atoms with E-state index in [4.69, 9.17) is 4.74 Å². The number of carbonyl (C=O) groups is 2. The van der Waals surface area contributed by atoms with Crippen LogP contribution in [0.25, 0.3) is 0 Å². The van der Waals surface area contributed by atoms with Crippen molar-refractivity contribution in [3.8, 4) is 5.75 Å². The Kier molecular flexibility index (Phi) is 4.74. The van der Waals surface area contributed by atoms with Crippen LogP contribution in [-0.4, -0.2) is 29.9 Å². The number of ether oxygens (including phenoxy) is 1. The summed E-state index contributed by atoms with van der Waals surface area (Å²) in [4.78, 5) is 27.0. The molecule has 0 radical (unpaired) electrons. The number of benzene rings is 1.